The van der Waals surface area contributed by atoms with Crippen LogP contribution >= 0.6 is 0 Å². The third-order valence-corrected chi connectivity index (χ3v) is 6.96. The van der Waals surface area contributed by atoms with Crippen molar-refractivity contribution in [2.75, 3.05) is 13.1 Å². The van der Waals surface area contributed by atoms with Gasteiger partial charge in [0.25, 0.3) is 5.91 Å². The molecule has 1 saturated heterocycles. The van der Waals surface area contributed by atoms with E-state index in [9.17, 15) is 18.0 Å². The molecule has 1 amide bonds. The van der Waals surface area contributed by atoms with Crippen molar-refractivity contribution in [2.24, 2.45) is 0 Å². The number of hydrogen-bond donors (Lipinski definition) is 2. The summed E-state index contributed by atoms with van der Waals surface area (Å²) in [6, 6.07) is 1.24. The minimum Gasteiger partial charge on any atom is -0.481 e. The Morgan fingerprint density at radius 1 is 1.28 bits per heavy atom. The lowest BCUT2D eigenvalue weighted by Crippen LogP contribution is -2.54. The van der Waals surface area contributed by atoms with Crippen LogP contribution in [0.1, 0.15) is 54.8 Å². The van der Waals surface area contributed by atoms with Gasteiger partial charge in [0.05, 0.1) is 12.0 Å². The monoisotopic (exact) mass is 370 g/mol. The van der Waals surface area contributed by atoms with Crippen LogP contribution in [-0.2, 0) is 14.8 Å². The van der Waals surface area contributed by atoms with Crippen molar-refractivity contribution in [3.8, 4) is 0 Å². The molecule has 0 unspecified atom stereocenters. The second-order valence-electron chi connectivity index (χ2n) is 6.80. The summed E-state index contributed by atoms with van der Waals surface area (Å²) in [7, 11) is -3.67. The lowest BCUT2D eigenvalue weighted by Gasteiger charge is -2.41. The van der Waals surface area contributed by atoms with E-state index in [2.05, 4.69) is 5.32 Å². The highest BCUT2D eigenvalue weighted by atomic mass is 32.2. The van der Waals surface area contributed by atoms with Crippen molar-refractivity contribution in [1.82, 2.24) is 9.62 Å². The first-order valence-electron chi connectivity index (χ1n) is 8.38. The van der Waals surface area contributed by atoms with Crippen LogP contribution in [0.3, 0.4) is 0 Å². The molecule has 0 atom stereocenters. The standard InChI is InChI=1S/C16H22N2O6S/c1-11-13(25(22,23)18-7-2-3-8-18)9-12(24-11)15(21)17-16(5-4-6-16)10-14(19)20/h9H,2-8,10H2,1H3,(H,17,21)(H,19,20). The number of furan rings is 1. The number of carbonyl (C=O) groups excluding carboxylic acids is 1. The lowest BCUT2D eigenvalue weighted by molar-refractivity contribution is -0.139. The Labute approximate surface area is 146 Å². The van der Waals surface area contributed by atoms with Crippen LogP contribution in [-0.4, -0.2) is 48.3 Å². The van der Waals surface area contributed by atoms with Gasteiger partial charge in [-0.1, -0.05) is 0 Å². The first kappa shape index (κ1) is 17.9. The second-order valence-corrected chi connectivity index (χ2v) is 8.71. The van der Waals surface area contributed by atoms with Crippen LogP contribution in [0.2, 0.25) is 0 Å². The number of carboxylic acids is 1. The molecule has 1 aromatic rings. The molecule has 2 N–H and O–H groups in total. The zero-order valence-corrected chi connectivity index (χ0v) is 14.9. The Morgan fingerprint density at radius 2 is 1.92 bits per heavy atom. The topological polar surface area (TPSA) is 117 Å². The van der Waals surface area contributed by atoms with E-state index in [1.54, 1.807) is 0 Å². The number of rotatable bonds is 6. The number of aliphatic carboxylic acids is 1. The molecular weight excluding hydrogens is 348 g/mol. The van der Waals surface area contributed by atoms with Gasteiger partial charge in [-0.2, -0.15) is 4.31 Å². The van der Waals surface area contributed by atoms with Crippen LogP contribution in [0.4, 0.5) is 0 Å². The Morgan fingerprint density at radius 3 is 2.44 bits per heavy atom. The van der Waals surface area contributed by atoms with Crippen LogP contribution < -0.4 is 5.32 Å². The fourth-order valence-electron chi connectivity index (χ4n) is 3.44. The number of carbonyl (C=O) groups is 2. The third kappa shape index (κ3) is 3.43. The molecule has 1 saturated carbocycles. The Balaban J connectivity index is 1.80. The summed E-state index contributed by atoms with van der Waals surface area (Å²) in [4.78, 5) is 23.4. The SMILES string of the molecule is Cc1oc(C(=O)NC2(CC(=O)O)CCC2)cc1S(=O)(=O)N1CCCC1. The number of nitrogens with zero attached hydrogens (tertiary/aromatic N) is 1. The molecule has 0 spiro atoms. The molecular formula is C16H22N2O6S. The van der Waals surface area contributed by atoms with E-state index >= 15 is 0 Å². The summed E-state index contributed by atoms with van der Waals surface area (Å²) in [5, 5.41) is 11.7. The van der Waals surface area contributed by atoms with Crippen LogP contribution in [0, 0.1) is 6.92 Å². The molecule has 0 bridgehead atoms. The van der Waals surface area contributed by atoms with E-state index in [4.69, 9.17) is 9.52 Å². The highest BCUT2D eigenvalue weighted by Gasteiger charge is 2.41. The molecule has 1 aliphatic heterocycles. The maximum Gasteiger partial charge on any atom is 0.305 e. The van der Waals surface area contributed by atoms with Crippen molar-refractivity contribution < 1.29 is 27.5 Å². The average molecular weight is 370 g/mol. The number of carboxylic acid groups (broad SMARTS) is 1. The summed E-state index contributed by atoms with van der Waals surface area (Å²) in [5.74, 6) is -1.50. The van der Waals surface area contributed by atoms with Gasteiger partial charge >= 0.3 is 5.97 Å². The van der Waals surface area contributed by atoms with Crippen molar-refractivity contribution >= 4 is 21.9 Å². The third-order valence-electron chi connectivity index (χ3n) is 4.96. The van der Waals surface area contributed by atoms with Crippen molar-refractivity contribution in [1.29, 1.82) is 0 Å². The summed E-state index contributed by atoms with van der Waals surface area (Å²) >= 11 is 0. The van der Waals surface area contributed by atoms with Crippen molar-refractivity contribution in [3.63, 3.8) is 0 Å². The van der Waals surface area contributed by atoms with Crippen LogP contribution in [0.25, 0.3) is 0 Å². The summed E-state index contributed by atoms with van der Waals surface area (Å²) < 4.78 is 32.1. The number of amides is 1. The first-order chi connectivity index (χ1) is 11.7. The normalized spacial score (nSPS) is 20.2. The van der Waals surface area contributed by atoms with E-state index in [1.165, 1.54) is 17.3 Å². The van der Waals surface area contributed by atoms with Crippen molar-refractivity contribution in [3.05, 3.63) is 17.6 Å². The van der Waals surface area contributed by atoms with Gasteiger partial charge in [0.15, 0.2) is 5.76 Å². The van der Waals surface area contributed by atoms with Gasteiger partial charge in [-0.25, -0.2) is 8.42 Å². The molecule has 138 valence electrons. The number of aryl methyl sites for hydroxylation is 1. The molecule has 9 heteroatoms. The number of sulfonamides is 1. The average Bonchev–Trinajstić information content (AvgIpc) is 3.13. The maximum absolute atomic E-state index is 12.6. The lowest BCUT2D eigenvalue weighted by atomic mass is 9.74. The molecule has 8 nitrogen and oxygen atoms in total. The van der Waals surface area contributed by atoms with Gasteiger partial charge in [0, 0.05) is 19.2 Å². The number of nitrogens with one attached hydrogen (secondary N) is 1. The molecule has 2 fully saturated rings. The zero-order valence-electron chi connectivity index (χ0n) is 14.1. The summed E-state index contributed by atoms with van der Waals surface area (Å²) in [6.45, 7) is 2.45. The largest absolute Gasteiger partial charge is 0.481 e. The van der Waals surface area contributed by atoms with E-state index in [1.807, 2.05) is 0 Å². The Kier molecular flexibility index (Phi) is 4.63. The fourth-order valence-corrected chi connectivity index (χ4v) is 5.12. The molecule has 1 aromatic heterocycles. The molecule has 2 heterocycles. The molecule has 0 aromatic carbocycles. The minimum atomic E-state index is -3.67. The van der Waals surface area contributed by atoms with Gasteiger partial charge in [0.2, 0.25) is 10.0 Å². The highest BCUT2D eigenvalue weighted by molar-refractivity contribution is 7.89. The Hall–Kier alpha value is -1.87. The van der Waals surface area contributed by atoms with Crippen molar-refractivity contribution in [2.45, 2.75) is 55.9 Å². The molecule has 0 radical (unpaired) electrons. The quantitative estimate of drug-likeness (QED) is 0.784. The Bertz CT molecular complexity index is 788. The molecule has 2 aliphatic rings. The molecule has 1 aliphatic carbocycles. The number of hydrogen-bond acceptors (Lipinski definition) is 5. The van der Waals surface area contributed by atoms with Gasteiger partial charge in [-0.05, 0) is 39.0 Å². The minimum absolute atomic E-state index is 0.000411. The van der Waals surface area contributed by atoms with E-state index in [0.29, 0.717) is 25.9 Å². The molecule has 25 heavy (non-hydrogen) atoms. The van der Waals surface area contributed by atoms with Gasteiger partial charge < -0.3 is 14.8 Å². The van der Waals surface area contributed by atoms with E-state index in [0.717, 1.165) is 19.3 Å². The first-order valence-corrected chi connectivity index (χ1v) is 9.82. The van der Waals surface area contributed by atoms with Gasteiger partial charge in [-0.3, -0.25) is 9.59 Å². The van der Waals surface area contributed by atoms with E-state index in [-0.39, 0.29) is 22.8 Å². The zero-order chi connectivity index (χ0) is 18.2. The smallest absolute Gasteiger partial charge is 0.305 e. The van der Waals surface area contributed by atoms with Crippen LogP contribution in [0.15, 0.2) is 15.4 Å². The van der Waals surface area contributed by atoms with Crippen LogP contribution in [0.5, 0.6) is 0 Å². The predicted molar refractivity (Wildman–Crippen MR) is 87.7 cm³/mol. The molecule has 3 rings (SSSR count). The predicted octanol–water partition coefficient (Wildman–Crippen LogP) is 1.50. The second kappa shape index (κ2) is 6.45. The highest BCUT2D eigenvalue weighted by Crippen LogP contribution is 2.35. The van der Waals surface area contributed by atoms with Gasteiger partial charge in [-0.15, -0.1) is 0 Å². The summed E-state index contributed by atoms with van der Waals surface area (Å²) in [6.07, 6.45) is 3.51. The van der Waals surface area contributed by atoms with E-state index < -0.39 is 27.4 Å². The summed E-state index contributed by atoms with van der Waals surface area (Å²) in [5.41, 5.74) is -0.766. The van der Waals surface area contributed by atoms with Gasteiger partial charge in [0.1, 0.15) is 10.7 Å². The maximum atomic E-state index is 12.6. The fraction of sp³-hybridized carbons (Fsp3) is 0.625.